The summed E-state index contributed by atoms with van der Waals surface area (Å²) in [7, 11) is 0. The lowest BCUT2D eigenvalue weighted by atomic mass is 9.83. The number of hydrogen-bond acceptors (Lipinski definition) is 5. The van der Waals surface area contributed by atoms with E-state index in [9.17, 15) is 5.26 Å². The molecule has 0 spiro atoms. The molecule has 1 aromatic heterocycles. The van der Waals surface area contributed by atoms with Gasteiger partial charge in [0.05, 0.1) is 17.7 Å². The molecule has 5 heteroatoms. The van der Waals surface area contributed by atoms with E-state index in [1.54, 1.807) is 0 Å². The lowest BCUT2D eigenvalue weighted by Gasteiger charge is -2.42. The van der Waals surface area contributed by atoms with Gasteiger partial charge in [-0.3, -0.25) is 0 Å². The Kier molecular flexibility index (Phi) is 4.03. The van der Waals surface area contributed by atoms with Crippen LogP contribution in [0.1, 0.15) is 30.2 Å². The third kappa shape index (κ3) is 2.70. The Morgan fingerprint density at radius 2 is 2.32 bits per heavy atom. The molecule has 1 aliphatic rings. The molecule has 3 N–H and O–H groups in total. The van der Waals surface area contributed by atoms with Gasteiger partial charge in [-0.1, -0.05) is 0 Å². The minimum Gasteiger partial charge on any atom is -0.376 e. The molecule has 0 aromatic carbocycles. The number of nitrogens with two attached hydrogens (primary N) is 1. The summed E-state index contributed by atoms with van der Waals surface area (Å²) in [6, 6.07) is 4.18. The van der Waals surface area contributed by atoms with Crippen molar-refractivity contribution >= 4 is 5.82 Å². The number of rotatable bonds is 4. The first-order valence-electron chi connectivity index (χ1n) is 6.58. The van der Waals surface area contributed by atoms with E-state index in [0.717, 1.165) is 17.7 Å². The number of hydrogen-bond donors (Lipinski definition) is 2. The van der Waals surface area contributed by atoms with Crippen LogP contribution in [-0.4, -0.2) is 29.8 Å². The first kappa shape index (κ1) is 13.8. The third-order valence-electron chi connectivity index (χ3n) is 3.51. The van der Waals surface area contributed by atoms with Crippen LogP contribution in [0.25, 0.3) is 0 Å². The van der Waals surface area contributed by atoms with E-state index in [4.69, 9.17) is 10.5 Å². The van der Waals surface area contributed by atoms with E-state index in [2.05, 4.69) is 16.4 Å². The topological polar surface area (TPSA) is 84.0 Å². The normalized spacial score (nSPS) is 25.5. The van der Waals surface area contributed by atoms with Crippen LogP contribution in [0, 0.1) is 25.2 Å². The number of nitriles is 1. The van der Waals surface area contributed by atoms with E-state index >= 15 is 0 Å². The molecule has 19 heavy (non-hydrogen) atoms. The lowest BCUT2D eigenvalue weighted by molar-refractivity contribution is -0.0127. The van der Waals surface area contributed by atoms with Crippen molar-refractivity contribution in [2.45, 2.75) is 45.4 Å². The molecule has 0 saturated heterocycles. The molecule has 2 rings (SSSR count). The summed E-state index contributed by atoms with van der Waals surface area (Å²) in [5, 5.41) is 12.5. The van der Waals surface area contributed by atoms with Crippen molar-refractivity contribution < 1.29 is 4.74 Å². The molecule has 0 bridgehead atoms. The summed E-state index contributed by atoms with van der Waals surface area (Å²) in [5.41, 5.74) is 8.41. The monoisotopic (exact) mass is 260 g/mol. The number of aryl methyl sites for hydroxylation is 2. The van der Waals surface area contributed by atoms with Crippen molar-refractivity contribution in [1.29, 1.82) is 5.26 Å². The Labute approximate surface area is 113 Å². The van der Waals surface area contributed by atoms with Crippen molar-refractivity contribution in [2.75, 3.05) is 11.9 Å². The highest BCUT2D eigenvalue weighted by Gasteiger charge is 2.40. The van der Waals surface area contributed by atoms with Gasteiger partial charge in [-0.2, -0.15) is 5.26 Å². The van der Waals surface area contributed by atoms with Crippen molar-refractivity contribution in [3.63, 3.8) is 0 Å². The highest BCUT2D eigenvalue weighted by atomic mass is 16.5. The van der Waals surface area contributed by atoms with Gasteiger partial charge in [-0.05, 0) is 38.8 Å². The Hall–Kier alpha value is -1.64. The van der Waals surface area contributed by atoms with Gasteiger partial charge in [0, 0.05) is 18.3 Å². The summed E-state index contributed by atoms with van der Waals surface area (Å²) in [5.74, 6) is 0.616. The van der Waals surface area contributed by atoms with E-state index in [-0.39, 0.29) is 18.2 Å². The predicted molar refractivity (Wildman–Crippen MR) is 73.8 cm³/mol. The van der Waals surface area contributed by atoms with Crippen molar-refractivity contribution in [2.24, 2.45) is 5.73 Å². The number of nitrogens with one attached hydrogen (secondary N) is 1. The molecule has 1 saturated carbocycles. The second-order valence-electron chi connectivity index (χ2n) is 4.98. The van der Waals surface area contributed by atoms with Gasteiger partial charge in [-0.25, -0.2) is 4.98 Å². The second kappa shape index (κ2) is 5.55. The number of pyridine rings is 1. The largest absolute Gasteiger partial charge is 0.376 e. The second-order valence-corrected chi connectivity index (χ2v) is 4.98. The Balaban J connectivity index is 2.21. The zero-order chi connectivity index (χ0) is 14.0. The van der Waals surface area contributed by atoms with Crippen molar-refractivity contribution in [3.8, 4) is 6.07 Å². The van der Waals surface area contributed by atoms with Crippen LogP contribution in [-0.2, 0) is 4.74 Å². The molecule has 3 unspecified atom stereocenters. The minimum absolute atomic E-state index is 0.0285. The maximum Gasteiger partial charge on any atom is 0.144 e. The fraction of sp³-hybridized carbons (Fsp3) is 0.571. The van der Waals surface area contributed by atoms with Crippen LogP contribution in [0.15, 0.2) is 6.07 Å². The van der Waals surface area contributed by atoms with Gasteiger partial charge in [0.15, 0.2) is 0 Å². The van der Waals surface area contributed by atoms with Gasteiger partial charge in [-0.15, -0.1) is 0 Å². The molecule has 1 heterocycles. The van der Waals surface area contributed by atoms with Crippen LogP contribution in [0.4, 0.5) is 5.82 Å². The molecule has 0 amide bonds. The van der Waals surface area contributed by atoms with Gasteiger partial charge < -0.3 is 15.8 Å². The summed E-state index contributed by atoms with van der Waals surface area (Å²) < 4.78 is 5.61. The van der Waals surface area contributed by atoms with Crippen LogP contribution < -0.4 is 11.1 Å². The van der Waals surface area contributed by atoms with E-state index in [1.165, 1.54) is 0 Å². The SMILES string of the molecule is CCOC1CC(N)C1Nc1nc(C)cc(C)c1C#N. The zero-order valence-electron chi connectivity index (χ0n) is 11.6. The van der Waals surface area contributed by atoms with Crippen LogP contribution in [0.5, 0.6) is 0 Å². The molecule has 0 radical (unpaired) electrons. The van der Waals surface area contributed by atoms with Gasteiger partial charge in [0.1, 0.15) is 11.9 Å². The maximum atomic E-state index is 9.24. The molecule has 1 aromatic rings. The molecular formula is C14H20N4O. The fourth-order valence-electron chi connectivity index (χ4n) is 2.47. The third-order valence-corrected chi connectivity index (χ3v) is 3.51. The molecular weight excluding hydrogens is 240 g/mol. The quantitative estimate of drug-likeness (QED) is 0.856. The summed E-state index contributed by atoms with van der Waals surface area (Å²) in [4.78, 5) is 4.41. The Bertz CT molecular complexity index is 507. The smallest absolute Gasteiger partial charge is 0.144 e. The fourth-order valence-corrected chi connectivity index (χ4v) is 2.47. The summed E-state index contributed by atoms with van der Waals surface area (Å²) in [6.07, 6.45) is 0.951. The Morgan fingerprint density at radius 1 is 1.58 bits per heavy atom. The van der Waals surface area contributed by atoms with Crippen molar-refractivity contribution in [1.82, 2.24) is 4.98 Å². The first-order valence-corrected chi connectivity index (χ1v) is 6.58. The first-order chi connectivity index (χ1) is 9.06. The Morgan fingerprint density at radius 3 is 2.89 bits per heavy atom. The molecule has 1 fully saturated rings. The molecule has 102 valence electrons. The van der Waals surface area contributed by atoms with Crippen LogP contribution >= 0.6 is 0 Å². The zero-order valence-corrected chi connectivity index (χ0v) is 11.6. The number of ether oxygens (including phenoxy) is 1. The van der Waals surface area contributed by atoms with Gasteiger partial charge in [0.2, 0.25) is 0 Å². The molecule has 1 aliphatic carbocycles. The van der Waals surface area contributed by atoms with Crippen molar-refractivity contribution in [3.05, 3.63) is 22.9 Å². The average Bonchev–Trinajstić information content (AvgIpc) is 2.35. The predicted octanol–water partition coefficient (Wildman–Crippen LogP) is 1.49. The molecule has 3 atom stereocenters. The summed E-state index contributed by atoms with van der Waals surface area (Å²) in [6.45, 7) is 6.47. The minimum atomic E-state index is 0.0285. The highest BCUT2D eigenvalue weighted by molar-refractivity contribution is 5.57. The summed E-state index contributed by atoms with van der Waals surface area (Å²) >= 11 is 0. The lowest BCUT2D eigenvalue weighted by Crippen LogP contribution is -2.60. The average molecular weight is 260 g/mol. The van der Waals surface area contributed by atoms with Gasteiger partial charge in [0.25, 0.3) is 0 Å². The van der Waals surface area contributed by atoms with Crippen LogP contribution in [0.3, 0.4) is 0 Å². The molecule has 0 aliphatic heterocycles. The number of nitrogens with zero attached hydrogens (tertiary/aromatic N) is 2. The maximum absolute atomic E-state index is 9.24. The van der Waals surface area contributed by atoms with Crippen LogP contribution in [0.2, 0.25) is 0 Å². The van der Waals surface area contributed by atoms with E-state index in [0.29, 0.717) is 18.0 Å². The number of aromatic nitrogens is 1. The number of anilines is 1. The van der Waals surface area contributed by atoms with E-state index in [1.807, 2.05) is 26.8 Å². The highest BCUT2D eigenvalue weighted by Crippen LogP contribution is 2.27. The standard InChI is InChI=1S/C14H20N4O/c1-4-19-12-6-11(16)13(12)18-14-10(7-15)8(2)5-9(3)17-14/h5,11-13H,4,6,16H2,1-3H3,(H,17,18). The van der Waals surface area contributed by atoms with E-state index < -0.39 is 0 Å². The van der Waals surface area contributed by atoms with Gasteiger partial charge >= 0.3 is 0 Å². The molecule has 5 nitrogen and oxygen atoms in total.